The molecule has 0 atom stereocenters. The number of ether oxygens (including phenoxy) is 2. The summed E-state index contributed by atoms with van der Waals surface area (Å²) in [6.07, 6.45) is 1.10. The van der Waals surface area contributed by atoms with Gasteiger partial charge in [-0.05, 0) is 31.0 Å². The van der Waals surface area contributed by atoms with E-state index < -0.39 is 0 Å². The molecule has 2 saturated heterocycles. The number of aryl methyl sites for hydroxylation is 1. The van der Waals surface area contributed by atoms with Gasteiger partial charge in [-0.25, -0.2) is 0 Å². The first-order valence-electron chi connectivity index (χ1n) is 9.05. The monoisotopic (exact) mass is 320 g/mol. The lowest BCUT2D eigenvalue weighted by Gasteiger charge is -2.42. The summed E-state index contributed by atoms with van der Waals surface area (Å²) in [6, 6.07) is 8.97. The molecule has 2 heterocycles. The van der Waals surface area contributed by atoms with Gasteiger partial charge in [0.25, 0.3) is 0 Å². The van der Waals surface area contributed by atoms with E-state index in [1.165, 1.54) is 31.7 Å². The van der Waals surface area contributed by atoms with Gasteiger partial charge >= 0.3 is 0 Å². The average Bonchev–Trinajstić information content (AvgIpc) is 2.53. The van der Waals surface area contributed by atoms with Gasteiger partial charge in [-0.1, -0.05) is 26.0 Å². The molecule has 0 aromatic heterocycles. The van der Waals surface area contributed by atoms with Gasteiger partial charge in [0.2, 0.25) is 0 Å². The number of rotatable bonds is 6. The van der Waals surface area contributed by atoms with Gasteiger partial charge in [-0.15, -0.1) is 0 Å². The summed E-state index contributed by atoms with van der Waals surface area (Å²) in [5.74, 6) is 0.991. The van der Waals surface area contributed by atoms with Crippen molar-refractivity contribution in [2.75, 3.05) is 52.5 Å². The normalized spacial score (nSPS) is 19.6. The van der Waals surface area contributed by atoms with Gasteiger partial charge in [0.05, 0.1) is 25.9 Å². The molecular formula is C19H32N2O2. The Balaban J connectivity index is 0.000000924. The van der Waals surface area contributed by atoms with E-state index >= 15 is 0 Å². The lowest BCUT2D eigenvalue weighted by molar-refractivity contribution is -0.0769. The maximum atomic E-state index is 5.81. The van der Waals surface area contributed by atoms with E-state index in [0.717, 1.165) is 38.5 Å². The average molecular weight is 320 g/mol. The zero-order valence-corrected chi connectivity index (χ0v) is 15.0. The number of nitrogens with zero attached hydrogens (tertiary/aromatic N) is 2. The topological polar surface area (TPSA) is 24.9 Å². The van der Waals surface area contributed by atoms with E-state index in [0.29, 0.717) is 6.04 Å². The largest absolute Gasteiger partial charge is 0.494 e. The van der Waals surface area contributed by atoms with Crippen molar-refractivity contribution in [3.05, 3.63) is 29.8 Å². The maximum Gasteiger partial charge on any atom is 0.119 e. The van der Waals surface area contributed by atoms with Crippen molar-refractivity contribution in [1.82, 2.24) is 9.80 Å². The molecule has 0 unspecified atom stereocenters. The lowest BCUT2D eigenvalue weighted by Crippen LogP contribution is -2.56. The van der Waals surface area contributed by atoms with Crippen LogP contribution in [0, 0.1) is 6.92 Å². The Bertz CT molecular complexity index is 441. The second-order valence-electron chi connectivity index (χ2n) is 6.09. The Labute approximate surface area is 141 Å². The summed E-state index contributed by atoms with van der Waals surface area (Å²) >= 11 is 0. The van der Waals surface area contributed by atoms with Crippen molar-refractivity contribution < 1.29 is 9.47 Å². The molecule has 0 spiro atoms. The molecule has 0 aliphatic carbocycles. The molecule has 2 fully saturated rings. The Morgan fingerprint density at radius 1 is 1.13 bits per heavy atom. The van der Waals surface area contributed by atoms with Crippen LogP contribution in [0.2, 0.25) is 0 Å². The molecule has 4 nitrogen and oxygen atoms in total. The van der Waals surface area contributed by atoms with E-state index in [2.05, 4.69) is 28.9 Å². The number of piperazine rings is 1. The maximum absolute atomic E-state index is 5.81. The van der Waals surface area contributed by atoms with Gasteiger partial charge < -0.3 is 14.4 Å². The highest BCUT2D eigenvalue weighted by molar-refractivity contribution is 5.27. The molecule has 130 valence electrons. The molecule has 0 radical (unpaired) electrons. The Morgan fingerprint density at radius 2 is 1.87 bits per heavy atom. The third-order valence-electron chi connectivity index (χ3n) is 4.42. The first-order valence-corrected chi connectivity index (χ1v) is 9.05. The summed E-state index contributed by atoms with van der Waals surface area (Å²) in [6.45, 7) is 14.6. The van der Waals surface area contributed by atoms with Crippen molar-refractivity contribution in [3.63, 3.8) is 0 Å². The fourth-order valence-electron chi connectivity index (χ4n) is 2.97. The molecule has 2 aliphatic rings. The molecule has 0 N–H and O–H groups in total. The van der Waals surface area contributed by atoms with Crippen LogP contribution in [0.25, 0.3) is 0 Å². The van der Waals surface area contributed by atoms with Crippen molar-refractivity contribution in [3.8, 4) is 5.75 Å². The van der Waals surface area contributed by atoms with Crippen LogP contribution in [0.3, 0.4) is 0 Å². The first-order chi connectivity index (χ1) is 11.3. The highest BCUT2D eigenvalue weighted by Crippen LogP contribution is 2.14. The molecule has 0 bridgehead atoms. The molecule has 2 aliphatic heterocycles. The summed E-state index contributed by atoms with van der Waals surface area (Å²) in [7, 11) is 0. The molecule has 23 heavy (non-hydrogen) atoms. The van der Waals surface area contributed by atoms with Crippen LogP contribution >= 0.6 is 0 Å². The zero-order valence-electron chi connectivity index (χ0n) is 15.0. The lowest BCUT2D eigenvalue weighted by atomic mass is 10.2. The van der Waals surface area contributed by atoms with Crippen LogP contribution in [-0.2, 0) is 4.74 Å². The van der Waals surface area contributed by atoms with Gasteiger partial charge in [0.1, 0.15) is 5.75 Å². The second kappa shape index (κ2) is 9.91. The van der Waals surface area contributed by atoms with Crippen molar-refractivity contribution in [2.45, 2.75) is 33.2 Å². The number of hydrogen-bond acceptors (Lipinski definition) is 4. The van der Waals surface area contributed by atoms with Gasteiger partial charge in [-0.2, -0.15) is 0 Å². The van der Waals surface area contributed by atoms with Crippen LogP contribution in [-0.4, -0.2) is 68.4 Å². The Kier molecular flexibility index (Phi) is 7.86. The van der Waals surface area contributed by atoms with Crippen molar-refractivity contribution in [2.24, 2.45) is 0 Å². The van der Waals surface area contributed by atoms with E-state index in [9.17, 15) is 0 Å². The van der Waals surface area contributed by atoms with Gasteiger partial charge in [0, 0.05) is 32.7 Å². The Hall–Kier alpha value is -1.10. The highest BCUT2D eigenvalue weighted by Gasteiger charge is 2.28. The minimum absolute atomic E-state index is 0.691. The summed E-state index contributed by atoms with van der Waals surface area (Å²) in [5.41, 5.74) is 1.25. The van der Waals surface area contributed by atoms with E-state index in [-0.39, 0.29) is 0 Å². The SMILES string of the molecule is CC.Cc1cccc(OCCCN2CCN(C3COC3)CC2)c1. The molecule has 3 rings (SSSR count). The smallest absolute Gasteiger partial charge is 0.119 e. The fraction of sp³-hybridized carbons (Fsp3) is 0.684. The minimum Gasteiger partial charge on any atom is -0.494 e. The predicted molar refractivity (Wildman–Crippen MR) is 95.3 cm³/mol. The fourth-order valence-corrected chi connectivity index (χ4v) is 2.97. The van der Waals surface area contributed by atoms with Gasteiger partial charge in [-0.3, -0.25) is 4.90 Å². The minimum atomic E-state index is 0.691. The molecular weight excluding hydrogens is 288 g/mol. The van der Waals surface area contributed by atoms with Crippen LogP contribution in [0.15, 0.2) is 24.3 Å². The highest BCUT2D eigenvalue weighted by atomic mass is 16.5. The van der Waals surface area contributed by atoms with Crippen LogP contribution in [0.1, 0.15) is 25.8 Å². The molecule has 1 aromatic carbocycles. The molecule has 1 aromatic rings. The molecule has 0 amide bonds. The standard InChI is InChI=1S/C17H26N2O2.C2H6/c1-15-4-2-5-17(12-15)21-11-3-6-18-7-9-19(10-8-18)16-13-20-14-16;1-2/h2,4-5,12,16H,3,6-11,13-14H2,1H3;1-2H3. The van der Waals surface area contributed by atoms with Crippen LogP contribution in [0.4, 0.5) is 0 Å². The summed E-state index contributed by atoms with van der Waals surface area (Å²) in [4.78, 5) is 5.12. The zero-order chi connectivity index (χ0) is 16.5. The Morgan fingerprint density at radius 3 is 2.48 bits per heavy atom. The van der Waals surface area contributed by atoms with Crippen molar-refractivity contribution >= 4 is 0 Å². The summed E-state index contributed by atoms with van der Waals surface area (Å²) < 4.78 is 11.1. The van der Waals surface area contributed by atoms with Crippen molar-refractivity contribution in [1.29, 1.82) is 0 Å². The number of benzene rings is 1. The van der Waals surface area contributed by atoms with Gasteiger partial charge in [0.15, 0.2) is 0 Å². The van der Waals surface area contributed by atoms with Crippen LogP contribution in [0.5, 0.6) is 5.75 Å². The molecule has 0 saturated carbocycles. The second-order valence-corrected chi connectivity index (χ2v) is 6.09. The molecule has 4 heteroatoms. The first kappa shape index (κ1) is 18.2. The number of hydrogen-bond donors (Lipinski definition) is 0. The third-order valence-corrected chi connectivity index (χ3v) is 4.42. The van der Waals surface area contributed by atoms with E-state index in [4.69, 9.17) is 9.47 Å². The van der Waals surface area contributed by atoms with Crippen LogP contribution < -0.4 is 4.74 Å². The summed E-state index contributed by atoms with van der Waals surface area (Å²) in [5, 5.41) is 0. The van der Waals surface area contributed by atoms with E-state index in [1.54, 1.807) is 0 Å². The predicted octanol–water partition coefficient (Wildman–Crippen LogP) is 2.81. The quantitative estimate of drug-likeness (QED) is 0.753. The third kappa shape index (κ3) is 5.79. The van der Waals surface area contributed by atoms with E-state index in [1.807, 2.05) is 26.0 Å².